The maximum atomic E-state index is 11.8. The highest BCUT2D eigenvalue weighted by Gasteiger charge is 2.20. The highest BCUT2D eigenvalue weighted by atomic mass is 16.4. The van der Waals surface area contributed by atoms with Crippen molar-refractivity contribution in [1.29, 1.82) is 0 Å². The number of likely N-dealkylation sites (tertiary alicyclic amines) is 1. The van der Waals surface area contributed by atoms with Crippen molar-refractivity contribution < 1.29 is 9.32 Å². The number of benzene rings is 1. The van der Waals surface area contributed by atoms with Gasteiger partial charge in [-0.15, -0.1) is 0 Å². The number of hydrogen-bond donors (Lipinski definition) is 1. The molecule has 1 aliphatic rings. The molecular formula is C18H24NO2+. The van der Waals surface area contributed by atoms with Gasteiger partial charge in [-0.1, -0.05) is 6.92 Å². The van der Waals surface area contributed by atoms with E-state index in [1.54, 1.807) is 11.0 Å². The molecule has 0 saturated carbocycles. The first kappa shape index (κ1) is 14.3. The van der Waals surface area contributed by atoms with Crippen LogP contribution in [-0.4, -0.2) is 13.1 Å². The third-order valence-corrected chi connectivity index (χ3v) is 4.87. The van der Waals surface area contributed by atoms with Crippen molar-refractivity contribution in [3.63, 3.8) is 0 Å². The van der Waals surface area contributed by atoms with Gasteiger partial charge in [0, 0.05) is 17.0 Å². The molecule has 1 fully saturated rings. The van der Waals surface area contributed by atoms with E-state index in [1.807, 2.05) is 6.07 Å². The summed E-state index contributed by atoms with van der Waals surface area (Å²) in [6.45, 7) is 9.83. The summed E-state index contributed by atoms with van der Waals surface area (Å²) >= 11 is 0. The van der Waals surface area contributed by atoms with Crippen LogP contribution in [0.4, 0.5) is 0 Å². The lowest BCUT2D eigenvalue weighted by Gasteiger charge is -2.27. The fourth-order valence-corrected chi connectivity index (χ4v) is 3.25. The first-order valence-corrected chi connectivity index (χ1v) is 7.90. The predicted molar refractivity (Wildman–Crippen MR) is 84.8 cm³/mol. The Bertz CT molecular complexity index is 709. The standard InChI is InChI=1S/C18H23NO2/c1-12-4-6-19(7-5-12)11-15-10-18(20)21-17-9-14(3)13(2)8-16(15)17/h8-10,12H,4-7,11H2,1-3H3/p+1. The second-order valence-corrected chi connectivity index (χ2v) is 6.63. The molecule has 112 valence electrons. The van der Waals surface area contributed by atoms with Gasteiger partial charge in [-0.25, -0.2) is 4.79 Å². The van der Waals surface area contributed by atoms with Gasteiger partial charge in [-0.3, -0.25) is 0 Å². The van der Waals surface area contributed by atoms with Crippen LogP contribution in [0.3, 0.4) is 0 Å². The van der Waals surface area contributed by atoms with Crippen LogP contribution in [0.5, 0.6) is 0 Å². The third-order valence-electron chi connectivity index (χ3n) is 4.87. The molecule has 1 saturated heterocycles. The number of nitrogens with one attached hydrogen (secondary N) is 1. The molecule has 0 unspecified atom stereocenters. The summed E-state index contributed by atoms with van der Waals surface area (Å²) in [5.74, 6) is 0.844. The van der Waals surface area contributed by atoms with Crippen LogP contribution >= 0.6 is 0 Å². The zero-order valence-electron chi connectivity index (χ0n) is 13.2. The molecular weight excluding hydrogens is 262 g/mol. The normalized spacial score (nSPS) is 22.6. The Morgan fingerprint density at radius 2 is 1.81 bits per heavy atom. The zero-order valence-corrected chi connectivity index (χ0v) is 13.2. The predicted octanol–water partition coefficient (Wildman–Crippen LogP) is 2.22. The number of rotatable bonds is 2. The van der Waals surface area contributed by atoms with Gasteiger partial charge in [-0.2, -0.15) is 0 Å². The minimum absolute atomic E-state index is 0.231. The summed E-state index contributed by atoms with van der Waals surface area (Å²) in [5.41, 5.74) is 4.05. The molecule has 1 aromatic carbocycles. The fourth-order valence-electron chi connectivity index (χ4n) is 3.25. The van der Waals surface area contributed by atoms with Gasteiger partial charge < -0.3 is 9.32 Å². The summed E-state index contributed by atoms with van der Waals surface area (Å²) < 4.78 is 5.38. The van der Waals surface area contributed by atoms with Crippen molar-refractivity contribution in [2.45, 2.75) is 40.2 Å². The molecule has 3 nitrogen and oxygen atoms in total. The van der Waals surface area contributed by atoms with Crippen LogP contribution in [0.15, 0.2) is 27.4 Å². The molecule has 0 spiro atoms. The number of fused-ring (bicyclic) bond motifs is 1. The minimum atomic E-state index is -0.231. The fraction of sp³-hybridized carbons (Fsp3) is 0.500. The summed E-state index contributed by atoms with van der Waals surface area (Å²) in [6, 6.07) is 5.83. The van der Waals surface area contributed by atoms with E-state index in [-0.39, 0.29) is 5.63 Å². The van der Waals surface area contributed by atoms with Crippen molar-refractivity contribution >= 4 is 11.0 Å². The van der Waals surface area contributed by atoms with Crippen LogP contribution in [0.1, 0.15) is 36.5 Å². The third kappa shape index (κ3) is 3.03. The smallest absolute Gasteiger partial charge is 0.336 e. The first-order chi connectivity index (χ1) is 10.0. The van der Waals surface area contributed by atoms with E-state index in [0.29, 0.717) is 0 Å². The largest absolute Gasteiger partial charge is 0.423 e. The Labute approximate surface area is 125 Å². The summed E-state index contributed by atoms with van der Waals surface area (Å²) in [4.78, 5) is 13.4. The van der Waals surface area contributed by atoms with Gasteiger partial charge in [0.05, 0.1) is 13.1 Å². The second-order valence-electron chi connectivity index (χ2n) is 6.63. The molecule has 21 heavy (non-hydrogen) atoms. The Kier molecular flexibility index (Phi) is 3.85. The molecule has 3 heteroatoms. The van der Waals surface area contributed by atoms with Crippen molar-refractivity contribution in [3.8, 4) is 0 Å². The van der Waals surface area contributed by atoms with E-state index in [9.17, 15) is 4.79 Å². The molecule has 0 radical (unpaired) electrons. The Morgan fingerprint density at radius 1 is 1.14 bits per heavy atom. The minimum Gasteiger partial charge on any atom is -0.423 e. The van der Waals surface area contributed by atoms with Crippen LogP contribution in [0, 0.1) is 19.8 Å². The average molecular weight is 286 g/mol. The number of aryl methyl sites for hydroxylation is 2. The van der Waals surface area contributed by atoms with Crippen LogP contribution in [-0.2, 0) is 6.54 Å². The highest BCUT2D eigenvalue weighted by Crippen LogP contribution is 2.21. The Balaban J connectivity index is 1.97. The Morgan fingerprint density at radius 3 is 2.52 bits per heavy atom. The summed E-state index contributed by atoms with van der Waals surface area (Å²) in [7, 11) is 0. The number of piperidine rings is 1. The quantitative estimate of drug-likeness (QED) is 0.859. The Hall–Kier alpha value is -1.61. The van der Waals surface area contributed by atoms with Crippen molar-refractivity contribution in [2.24, 2.45) is 5.92 Å². The molecule has 0 bridgehead atoms. The maximum Gasteiger partial charge on any atom is 0.336 e. The zero-order chi connectivity index (χ0) is 15.0. The number of hydrogen-bond acceptors (Lipinski definition) is 2. The molecule has 1 aliphatic heterocycles. The van der Waals surface area contributed by atoms with Gasteiger partial charge in [0.15, 0.2) is 0 Å². The van der Waals surface area contributed by atoms with Gasteiger partial charge >= 0.3 is 5.63 Å². The molecule has 2 aromatic rings. The molecule has 3 rings (SSSR count). The van der Waals surface area contributed by atoms with E-state index in [1.165, 1.54) is 37.1 Å². The van der Waals surface area contributed by atoms with Crippen LogP contribution in [0.25, 0.3) is 11.0 Å². The van der Waals surface area contributed by atoms with Crippen LogP contribution in [0.2, 0.25) is 0 Å². The molecule has 0 aliphatic carbocycles. The van der Waals surface area contributed by atoms with Gasteiger partial charge in [0.2, 0.25) is 0 Å². The van der Waals surface area contributed by atoms with E-state index in [0.717, 1.165) is 29.0 Å². The van der Waals surface area contributed by atoms with Gasteiger partial charge in [0.1, 0.15) is 12.1 Å². The lowest BCUT2D eigenvalue weighted by Crippen LogP contribution is -3.11. The molecule has 1 N–H and O–H groups in total. The summed E-state index contributed by atoms with van der Waals surface area (Å²) in [6.07, 6.45) is 2.57. The van der Waals surface area contributed by atoms with Crippen LogP contribution < -0.4 is 10.5 Å². The highest BCUT2D eigenvalue weighted by molar-refractivity contribution is 5.81. The monoisotopic (exact) mass is 286 g/mol. The molecule has 0 atom stereocenters. The molecule has 2 heterocycles. The second kappa shape index (κ2) is 5.64. The van der Waals surface area contributed by atoms with Gasteiger partial charge in [0.25, 0.3) is 0 Å². The van der Waals surface area contributed by atoms with E-state index in [4.69, 9.17) is 4.42 Å². The molecule has 0 amide bonds. The number of quaternary nitrogens is 1. The van der Waals surface area contributed by atoms with Gasteiger partial charge in [-0.05, 0) is 55.9 Å². The van der Waals surface area contributed by atoms with Crippen molar-refractivity contribution in [1.82, 2.24) is 0 Å². The lowest BCUT2D eigenvalue weighted by molar-refractivity contribution is -0.919. The first-order valence-electron chi connectivity index (χ1n) is 7.90. The van der Waals surface area contributed by atoms with E-state index < -0.39 is 0 Å². The topological polar surface area (TPSA) is 34.6 Å². The SMILES string of the molecule is Cc1cc2oc(=O)cc(C[NH+]3CCC(C)CC3)c2cc1C. The maximum absolute atomic E-state index is 11.8. The lowest BCUT2D eigenvalue weighted by atomic mass is 9.98. The summed E-state index contributed by atoms with van der Waals surface area (Å²) in [5, 5.41) is 1.10. The van der Waals surface area contributed by atoms with Crippen molar-refractivity contribution in [3.05, 3.63) is 45.3 Å². The van der Waals surface area contributed by atoms with Crippen molar-refractivity contribution in [2.75, 3.05) is 13.1 Å². The van der Waals surface area contributed by atoms with E-state index in [2.05, 4.69) is 26.8 Å². The molecule has 1 aromatic heterocycles. The van der Waals surface area contributed by atoms with E-state index >= 15 is 0 Å². The average Bonchev–Trinajstić information content (AvgIpc) is 2.43.